The maximum Gasteiger partial charge on any atom is 0.135 e. The number of benzene rings is 7. The summed E-state index contributed by atoms with van der Waals surface area (Å²) in [6.45, 7) is 28.8. The van der Waals surface area contributed by atoms with E-state index in [1.54, 1.807) is 0 Å². The van der Waals surface area contributed by atoms with Gasteiger partial charge >= 0.3 is 0 Å². The van der Waals surface area contributed by atoms with Crippen LogP contribution in [0.15, 0.2) is 152 Å². The van der Waals surface area contributed by atoms with Gasteiger partial charge in [0.2, 0.25) is 0 Å². The molecule has 10 rings (SSSR count). The van der Waals surface area contributed by atoms with E-state index in [1.165, 1.54) is 22.1 Å². The topological polar surface area (TPSA) is 33.5 Å². The number of ether oxygens (including phenoxy) is 1. The van der Waals surface area contributed by atoms with Gasteiger partial charge in [-0.15, -0.1) is 48.1 Å². The zero-order chi connectivity index (χ0) is 53.3. The molecule has 0 bridgehead atoms. The average molecular weight is 1140 g/mol. The Kier molecular flexibility index (Phi) is 13.1. The zero-order valence-corrected chi connectivity index (χ0v) is 46.8. The van der Waals surface area contributed by atoms with Gasteiger partial charge in [-0.25, -0.2) is 4.98 Å². The second kappa shape index (κ2) is 20.1. The van der Waals surface area contributed by atoms with Crippen LogP contribution in [0.25, 0.3) is 49.9 Å². The van der Waals surface area contributed by atoms with Gasteiger partial charge in [-0.1, -0.05) is 180 Å². The molecule has 0 radical (unpaired) electrons. The van der Waals surface area contributed by atoms with Crippen LogP contribution in [0.2, 0.25) is 0 Å². The van der Waals surface area contributed by atoms with E-state index in [9.17, 15) is 4.11 Å². The molecule has 0 saturated heterocycles. The first-order valence-electron chi connectivity index (χ1n) is 27.2. The van der Waals surface area contributed by atoms with E-state index >= 15 is 0 Å². The minimum Gasteiger partial charge on any atom is -0.509 e. The minimum absolute atomic E-state index is 0. The van der Waals surface area contributed by atoms with Crippen LogP contribution in [-0.2, 0) is 50.2 Å². The third-order valence-electron chi connectivity index (χ3n) is 13.9. The van der Waals surface area contributed by atoms with Gasteiger partial charge in [-0.05, 0) is 110 Å². The van der Waals surface area contributed by atoms with Gasteiger partial charge in [0.25, 0.3) is 0 Å². The number of aryl methyl sites for hydroxylation is 1. The first-order chi connectivity index (χ1) is 35.6. The predicted molar refractivity (Wildman–Crippen MR) is 304 cm³/mol. The third-order valence-corrected chi connectivity index (χ3v) is 13.9. The van der Waals surface area contributed by atoms with E-state index in [2.05, 4.69) is 170 Å². The van der Waals surface area contributed by atoms with Crippen molar-refractivity contribution in [3.63, 3.8) is 0 Å². The molecule has 3 heterocycles. The Labute approximate surface area is 453 Å². The largest absolute Gasteiger partial charge is 0.509 e. The fourth-order valence-corrected chi connectivity index (χ4v) is 10.0. The van der Waals surface area contributed by atoms with Gasteiger partial charge in [0, 0.05) is 72.5 Å². The second-order valence-electron chi connectivity index (χ2n) is 23.0. The average Bonchev–Trinajstić information content (AvgIpc) is 3.96. The number of rotatable bonds is 11. The van der Waals surface area contributed by atoms with Gasteiger partial charge in [0.1, 0.15) is 5.82 Å². The van der Waals surface area contributed by atoms with E-state index in [-0.39, 0.29) is 55.4 Å². The van der Waals surface area contributed by atoms with Crippen LogP contribution in [0, 0.1) is 24.7 Å². The molecule has 376 valence electrons. The van der Waals surface area contributed by atoms with E-state index in [1.807, 2.05) is 79.6 Å². The zero-order valence-electron chi connectivity index (χ0n) is 47.5. The van der Waals surface area contributed by atoms with Crippen LogP contribution in [0.3, 0.4) is 0 Å². The van der Waals surface area contributed by atoms with Crippen molar-refractivity contribution in [2.24, 2.45) is 5.92 Å². The summed E-state index contributed by atoms with van der Waals surface area (Å²) in [6, 6.07) is 51.1. The molecule has 0 N–H and O–H groups in total. The van der Waals surface area contributed by atoms with Crippen LogP contribution in [-0.4, -0.2) is 9.55 Å². The maximum absolute atomic E-state index is 9.77. The fourth-order valence-electron chi connectivity index (χ4n) is 10.0. The van der Waals surface area contributed by atoms with Gasteiger partial charge in [-0.3, -0.25) is 0 Å². The number of anilines is 4. The first-order valence-corrected chi connectivity index (χ1v) is 25.7. The maximum atomic E-state index is 9.77. The van der Waals surface area contributed by atoms with Crippen LogP contribution < -0.4 is 14.5 Å². The summed E-state index contributed by atoms with van der Waals surface area (Å²) < 4.78 is 37.8. The number of para-hydroxylation sites is 3. The van der Waals surface area contributed by atoms with Crippen molar-refractivity contribution in [3.8, 4) is 39.6 Å². The van der Waals surface area contributed by atoms with Crippen molar-refractivity contribution in [1.82, 2.24) is 9.55 Å². The molecule has 7 aromatic carbocycles. The van der Waals surface area contributed by atoms with Gasteiger partial charge < -0.3 is 19.1 Å². The molecule has 1 aliphatic heterocycles. The molecular weight excluding hydrogens is 1070 g/mol. The minimum atomic E-state index is -0.196. The van der Waals surface area contributed by atoms with E-state index in [0.29, 0.717) is 34.2 Å². The second-order valence-corrected chi connectivity index (χ2v) is 23.0. The molecule has 0 amide bonds. The van der Waals surface area contributed by atoms with Crippen molar-refractivity contribution in [3.05, 3.63) is 198 Å². The summed E-state index contributed by atoms with van der Waals surface area (Å²) in [7, 11) is 0. The van der Waals surface area contributed by atoms with Gasteiger partial charge in [0.15, 0.2) is 0 Å². The van der Waals surface area contributed by atoms with Crippen molar-refractivity contribution < 1.29 is 29.9 Å². The summed E-state index contributed by atoms with van der Waals surface area (Å²) in [6.07, 6.45) is 5.00. The Hall–Kier alpha value is -6.42. The summed E-state index contributed by atoms with van der Waals surface area (Å²) in [5.74, 6) is 2.43. The fraction of sp³-hybridized carbons (Fsp3) is 0.284. The molecule has 6 heteroatoms. The number of hydrogen-bond acceptors (Lipinski definition) is 4. The molecule has 5 nitrogen and oxygen atoms in total. The number of fused-ring (bicyclic) bond motifs is 4. The molecule has 9 aromatic rings. The molecule has 1 aliphatic rings. The van der Waals surface area contributed by atoms with Gasteiger partial charge in [0.05, 0.1) is 4.11 Å². The normalized spacial score (nSPS) is 13.6. The number of pyridine rings is 1. The predicted octanol–water partition coefficient (Wildman–Crippen LogP) is 18.4. The Morgan fingerprint density at radius 3 is 1.93 bits per heavy atom. The van der Waals surface area contributed by atoms with Crippen LogP contribution in [0.4, 0.5) is 22.7 Å². The van der Waals surface area contributed by atoms with Crippen molar-refractivity contribution in [2.75, 3.05) is 9.80 Å². The van der Waals surface area contributed by atoms with Crippen LogP contribution >= 0.6 is 0 Å². The summed E-state index contributed by atoms with van der Waals surface area (Å²) in [5.41, 5.74) is 13.8. The molecular formula is C67H69N4OPt-3. The smallest absolute Gasteiger partial charge is 0.135 e. The molecule has 0 saturated carbocycles. The van der Waals surface area contributed by atoms with E-state index in [0.717, 1.165) is 80.8 Å². The molecule has 73 heavy (non-hydrogen) atoms. The van der Waals surface area contributed by atoms with Gasteiger partial charge in [-0.2, -0.15) is 12.1 Å². The molecule has 0 fully saturated rings. The number of hydrogen-bond donors (Lipinski definition) is 0. The Morgan fingerprint density at radius 1 is 0.630 bits per heavy atom. The Balaban J connectivity index is 0.00000706. The third kappa shape index (κ3) is 10.3. The summed E-state index contributed by atoms with van der Waals surface area (Å²) in [5, 5.41) is 2.27. The SMILES string of the molecule is [2H]c1c([2H])c(-c2ccccc2)c(N2[CH-]N(c3[c-]c(Oc4[c-]c5c(cc4)c4cc(CCC)c(CC(C)C)cc4n5-c4cc(C(C)(C)C)ccn4)ccc3)c3ccccc32)c(-c2cc(C(C)(C)C)cc(C(C)(C)C)c2)c1[2H].[Pt]. The molecule has 0 unspecified atom stereocenters. The standard InChI is InChI=1S/C67H69N4O.Pt/c1-13-21-46-37-58-57-31-30-54(42-62(57)71(61(58)38-47(46)34-44(2)3)63-40-49(32-33-68-63)65(4,5)6)72-53-25-19-24-52(41-53)69-43-70(60-29-18-17-28-59(60)69)64-55(45-22-15-14-16-23-45)26-20-27-56(64)48-35-50(66(7,8)9)39-51(36-48)67(10,11)12;/h14-20,22-33,35-40,43-44H,13,21,34H2,1-12H3;/q-3;/i20D,26D,27D;. The first kappa shape index (κ1) is 47.6. The monoisotopic (exact) mass is 1140 g/mol. The number of nitrogens with zero attached hydrogens (tertiary/aromatic N) is 4. The summed E-state index contributed by atoms with van der Waals surface area (Å²) >= 11 is 0. The number of aromatic nitrogens is 2. The van der Waals surface area contributed by atoms with Crippen molar-refractivity contribution in [2.45, 2.75) is 119 Å². The Morgan fingerprint density at radius 2 is 1.27 bits per heavy atom. The van der Waals surface area contributed by atoms with E-state index < -0.39 is 0 Å². The van der Waals surface area contributed by atoms with Crippen molar-refractivity contribution in [1.29, 1.82) is 0 Å². The molecule has 2 aromatic heterocycles. The summed E-state index contributed by atoms with van der Waals surface area (Å²) in [4.78, 5) is 9.20. The molecule has 0 aliphatic carbocycles. The molecule has 0 spiro atoms. The van der Waals surface area contributed by atoms with Crippen LogP contribution in [0.5, 0.6) is 11.5 Å². The van der Waals surface area contributed by atoms with Crippen LogP contribution in [0.1, 0.15) is 121 Å². The Bertz CT molecular complexity index is 3600. The van der Waals surface area contributed by atoms with E-state index in [4.69, 9.17) is 9.72 Å². The van der Waals surface area contributed by atoms with Crippen molar-refractivity contribution >= 4 is 44.6 Å². The molecule has 0 atom stereocenters. The quantitative estimate of drug-likeness (QED) is 0.121.